The topological polar surface area (TPSA) is 0 Å². The van der Waals surface area contributed by atoms with E-state index >= 15 is 0 Å². The van der Waals surface area contributed by atoms with E-state index in [1.54, 1.807) is 0 Å². The van der Waals surface area contributed by atoms with Gasteiger partial charge in [-0.3, -0.25) is 0 Å². The number of hydrogen-bond donors (Lipinski definition) is 0. The standard InChI is InChI=1S/C27H28/c1-5-7-10-23(6-2)27(26-11-8-9-20(3)17-26)19-22-13-15-24-16-21(4)12-14-25(24)18-22/h5-16,18-20H,2,17H2,1,3-4H3/b7-5-,23-10+,27-19-. The van der Waals surface area contributed by atoms with E-state index < -0.39 is 0 Å². The van der Waals surface area contributed by atoms with Crippen LogP contribution in [0, 0.1) is 12.8 Å². The Morgan fingerprint density at radius 1 is 1.11 bits per heavy atom. The molecule has 2 aromatic rings. The number of fused-ring (bicyclic) bond motifs is 1. The van der Waals surface area contributed by atoms with Crippen molar-refractivity contribution in [3.05, 3.63) is 113 Å². The fourth-order valence-electron chi connectivity index (χ4n) is 3.51. The van der Waals surface area contributed by atoms with Crippen LogP contribution in [0.25, 0.3) is 16.8 Å². The summed E-state index contributed by atoms with van der Waals surface area (Å²) in [5.74, 6) is 0.556. The van der Waals surface area contributed by atoms with Gasteiger partial charge in [-0.1, -0.05) is 91.9 Å². The number of benzene rings is 2. The minimum Gasteiger partial charge on any atom is -0.0984 e. The smallest absolute Gasteiger partial charge is 0.0146 e. The number of allylic oxidation sites excluding steroid dienone is 10. The Hall–Kier alpha value is -2.86. The van der Waals surface area contributed by atoms with E-state index in [0.29, 0.717) is 5.92 Å². The van der Waals surface area contributed by atoms with E-state index in [-0.39, 0.29) is 0 Å². The summed E-state index contributed by atoms with van der Waals surface area (Å²) in [6, 6.07) is 13.3. The largest absolute Gasteiger partial charge is 0.0984 e. The maximum atomic E-state index is 4.06. The third-order valence-corrected chi connectivity index (χ3v) is 4.95. The van der Waals surface area contributed by atoms with Crippen LogP contribution in [0.3, 0.4) is 0 Å². The minimum atomic E-state index is 0.556. The maximum Gasteiger partial charge on any atom is -0.0146 e. The lowest BCUT2D eigenvalue weighted by atomic mass is 9.86. The van der Waals surface area contributed by atoms with Crippen molar-refractivity contribution in [2.24, 2.45) is 5.92 Å². The van der Waals surface area contributed by atoms with Crippen LogP contribution in [0.1, 0.15) is 31.4 Å². The number of aryl methyl sites for hydroxylation is 1. The Kier molecular flexibility index (Phi) is 6.08. The van der Waals surface area contributed by atoms with Crippen molar-refractivity contribution in [3.63, 3.8) is 0 Å². The van der Waals surface area contributed by atoms with Crippen LogP contribution in [-0.2, 0) is 0 Å². The molecule has 0 aromatic heterocycles. The monoisotopic (exact) mass is 352 g/mol. The molecular formula is C27H28. The van der Waals surface area contributed by atoms with Crippen molar-refractivity contribution in [2.75, 3.05) is 0 Å². The van der Waals surface area contributed by atoms with Gasteiger partial charge in [0.25, 0.3) is 0 Å². The molecule has 1 atom stereocenters. The predicted octanol–water partition coefficient (Wildman–Crippen LogP) is 7.74. The molecule has 0 aliphatic heterocycles. The molecule has 0 heteroatoms. The summed E-state index contributed by atoms with van der Waals surface area (Å²) in [7, 11) is 0. The molecule has 0 fully saturated rings. The summed E-state index contributed by atoms with van der Waals surface area (Å²) in [4.78, 5) is 0. The van der Waals surface area contributed by atoms with Crippen LogP contribution in [0.2, 0.25) is 0 Å². The van der Waals surface area contributed by atoms with Crippen LogP contribution in [0.5, 0.6) is 0 Å². The molecule has 1 unspecified atom stereocenters. The Bertz CT molecular complexity index is 990. The SMILES string of the molecule is C=CC(=C\C=C/C)/C(=C/c1ccc2cc(C)ccc2c1)C1=CC=CC(C)C1. The van der Waals surface area contributed by atoms with Crippen LogP contribution < -0.4 is 0 Å². The van der Waals surface area contributed by atoms with Crippen molar-refractivity contribution in [1.82, 2.24) is 0 Å². The van der Waals surface area contributed by atoms with Crippen LogP contribution in [0.15, 0.2) is 102 Å². The first-order valence-corrected chi connectivity index (χ1v) is 9.66. The summed E-state index contributed by atoms with van der Waals surface area (Å²) in [6.07, 6.45) is 18.3. The van der Waals surface area contributed by atoms with Gasteiger partial charge in [0, 0.05) is 0 Å². The molecule has 0 amide bonds. The molecule has 3 rings (SSSR count). The predicted molar refractivity (Wildman–Crippen MR) is 121 cm³/mol. The molecule has 0 bridgehead atoms. The first-order valence-electron chi connectivity index (χ1n) is 9.66. The van der Waals surface area contributed by atoms with Crippen molar-refractivity contribution in [2.45, 2.75) is 27.2 Å². The van der Waals surface area contributed by atoms with Gasteiger partial charge in [0.15, 0.2) is 0 Å². The Morgan fingerprint density at radius 3 is 2.63 bits per heavy atom. The maximum absolute atomic E-state index is 4.06. The zero-order chi connectivity index (χ0) is 19.2. The highest BCUT2D eigenvalue weighted by molar-refractivity contribution is 5.86. The van der Waals surface area contributed by atoms with Crippen molar-refractivity contribution < 1.29 is 0 Å². The third kappa shape index (κ3) is 4.65. The lowest BCUT2D eigenvalue weighted by Gasteiger charge is -2.19. The fourth-order valence-corrected chi connectivity index (χ4v) is 3.51. The highest BCUT2D eigenvalue weighted by Crippen LogP contribution is 2.31. The lowest BCUT2D eigenvalue weighted by molar-refractivity contribution is 0.714. The molecule has 0 saturated heterocycles. The van der Waals surface area contributed by atoms with E-state index in [2.05, 4.69) is 99.4 Å². The van der Waals surface area contributed by atoms with Gasteiger partial charge in [0.2, 0.25) is 0 Å². The van der Waals surface area contributed by atoms with Gasteiger partial charge < -0.3 is 0 Å². The van der Waals surface area contributed by atoms with Gasteiger partial charge >= 0.3 is 0 Å². The zero-order valence-corrected chi connectivity index (χ0v) is 16.6. The van der Waals surface area contributed by atoms with E-state index in [9.17, 15) is 0 Å². The van der Waals surface area contributed by atoms with E-state index in [4.69, 9.17) is 0 Å². The second-order valence-electron chi connectivity index (χ2n) is 7.28. The van der Waals surface area contributed by atoms with E-state index in [1.807, 2.05) is 13.0 Å². The second-order valence-corrected chi connectivity index (χ2v) is 7.28. The molecule has 136 valence electrons. The quantitative estimate of drug-likeness (QED) is 0.483. The second kappa shape index (κ2) is 8.68. The highest BCUT2D eigenvalue weighted by Gasteiger charge is 2.13. The molecule has 0 nitrogen and oxygen atoms in total. The molecule has 0 radical (unpaired) electrons. The summed E-state index contributed by atoms with van der Waals surface area (Å²) in [5, 5.41) is 2.56. The van der Waals surface area contributed by atoms with Crippen molar-refractivity contribution in [3.8, 4) is 0 Å². The minimum absolute atomic E-state index is 0.556. The van der Waals surface area contributed by atoms with Gasteiger partial charge in [0.1, 0.15) is 0 Å². The van der Waals surface area contributed by atoms with Crippen LogP contribution in [-0.4, -0.2) is 0 Å². The Labute approximate surface area is 163 Å². The third-order valence-electron chi connectivity index (χ3n) is 4.95. The van der Waals surface area contributed by atoms with Gasteiger partial charge in [-0.15, -0.1) is 0 Å². The lowest BCUT2D eigenvalue weighted by Crippen LogP contribution is -2.02. The summed E-state index contributed by atoms with van der Waals surface area (Å²) in [5.41, 5.74) is 6.29. The molecule has 0 saturated carbocycles. The Morgan fingerprint density at radius 2 is 1.89 bits per heavy atom. The fraction of sp³-hybridized carbons (Fsp3) is 0.185. The van der Waals surface area contributed by atoms with Crippen molar-refractivity contribution >= 4 is 16.8 Å². The van der Waals surface area contributed by atoms with E-state index in [1.165, 1.54) is 33.0 Å². The molecule has 0 heterocycles. The summed E-state index contributed by atoms with van der Waals surface area (Å²) >= 11 is 0. The average Bonchev–Trinajstić information content (AvgIpc) is 2.67. The molecule has 0 N–H and O–H groups in total. The van der Waals surface area contributed by atoms with Crippen LogP contribution in [0.4, 0.5) is 0 Å². The first kappa shape index (κ1) is 18.9. The number of rotatable bonds is 5. The molecule has 2 aromatic carbocycles. The van der Waals surface area contributed by atoms with Gasteiger partial charge in [-0.05, 0) is 71.4 Å². The molecule has 27 heavy (non-hydrogen) atoms. The molecular weight excluding hydrogens is 324 g/mol. The average molecular weight is 353 g/mol. The van der Waals surface area contributed by atoms with E-state index in [0.717, 1.165) is 12.0 Å². The zero-order valence-electron chi connectivity index (χ0n) is 16.6. The number of hydrogen-bond acceptors (Lipinski definition) is 0. The van der Waals surface area contributed by atoms with Crippen LogP contribution >= 0.6 is 0 Å². The highest BCUT2D eigenvalue weighted by atomic mass is 14.2. The van der Waals surface area contributed by atoms with Crippen molar-refractivity contribution in [1.29, 1.82) is 0 Å². The van der Waals surface area contributed by atoms with Gasteiger partial charge in [-0.2, -0.15) is 0 Å². The van der Waals surface area contributed by atoms with Gasteiger partial charge in [-0.25, -0.2) is 0 Å². The summed E-state index contributed by atoms with van der Waals surface area (Å²) in [6.45, 7) is 10.5. The molecule has 0 spiro atoms. The van der Waals surface area contributed by atoms with Gasteiger partial charge in [0.05, 0.1) is 0 Å². The molecule has 1 aliphatic carbocycles. The molecule has 1 aliphatic rings. The normalized spacial score (nSPS) is 18.2. The summed E-state index contributed by atoms with van der Waals surface area (Å²) < 4.78 is 0. The first-order chi connectivity index (χ1) is 13.1. The Balaban J connectivity index is 2.11.